The highest BCUT2D eigenvalue weighted by molar-refractivity contribution is 6.35. The molecule has 2 N–H and O–H groups in total. The number of halogens is 2. The summed E-state index contributed by atoms with van der Waals surface area (Å²) in [5, 5.41) is 5.98. The van der Waals surface area contributed by atoms with Gasteiger partial charge in [-0.3, -0.25) is 14.4 Å². The Hall–Kier alpha value is -2.57. The van der Waals surface area contributed by atoms with E-state index in [2.05, 4.69) is 10.6 Å². The van der Waals surface area contributed by atoms with Crippen LogP contribution in [0.2, 0.25) is 10.0 Å². The first-order valence-corrected chi connectivity index (χ1v) is 9.97. The number of hydrogen-bond acceptors (Lipinski definition) is 3. The van der Waals surface area contributed by atoms with Crippen molar-refractivity contribution in [1.82, 2.24) is 10.2 Å². The molecule has 0 spiro atoms. The molecule has 1 aliphatic heterocycles. The summed E-state index contributed by atoms with van der Waals surface area (Å²) in [6.07, 6.45) is 0.130. The van der Waals surface area contributed by atoms with E-state index in [9.17, 15) is 14.4 Å². The van der Waals surface area contributed by atoms with Gasteiger partial charge in [-0.1, -0.05) is 53.5 Å². The molecule has 1 saturated heterocycles. The maximum atomic E-state index is 12.5. The molecule has 3 amide bonds. The molecule has 0 unspecified atom stereocenters. The first-order chi connectivity index (χ1) is 13.8. The number of anilines is 1. The fraction of sp³-hybridized carbons (Fsp3) is 0.286. The molecule has 8 heteroatoms. The summed E-state index contributed by atoms with van der Waals surface area (Å²) in [5.74, 6) is -1.32. The molecule has 1 fully saturated rings. The minimum absolute atomic E-state index is 0.0725. The van der Waals surface area contributed by atoms with Gasteiger partial charge >= 0.3 is 0 Å². The SMILES string of the molecule is C[C@@H](c1ccccc1)N1C[C@H](C(=O)NCC(=O)Nc2cc(Cl)ccc2Cl)CC1=O. The van der Waals surface area contributed by atoms with Crippen molar-refractivity contribution in [2.45, 2.75) is 19.4 Å². The highest BCUT2D eigenvalue weighted by Gasteiger charge is 2.37. The Kier molecular flexibility index (Phi) is 6.77. The molecule has 0 bridgehead atoms. The zero-order valence-electron chi connectivity index (χ0n) is 15.8. The summed E-state index contributed by atoms with van der Waals surface area (Å²) >= 11 is 11.9. The quantitative estimate of drug-likeness (QED) is 0.729. The van der Waals surface area contributed by atoms with Crippen LogP contribution in [0.5, 0.6) is 0 Å². The highest BCUT2D eigenvalue weighted by Crippen LogP contribution is 2.28. The van der Waals surface area contributed by atoms with Crippen LogP contribution in [0.1, 0.15) is 24.9 Å². The molecule has 152 valence electrons. The Morgan fingerprint density at radius 1 is 1.17 bits per heavy atom. The van der Waals surface area contributed by atoms with Crippen LogP contribution in [-0.4, -0.2) is 35.7 Å². The average Bonchev–Trinajstić information content (AvgIpc) is 3.10. The molecule has 3 rings (SSSR count). The molecule has 0 radical (unpaired) electrons. The molecule has 2 aromatic carbocycles. The van der Waals surface area contributed by atoms with E-state index in [0.717, 1.165) is 5.56 Å². The summed E-state index contributed by atoms with van der Waals surface area (Å²) in [7, 11) is 0. The van der Waals surface area contributed by atoms with Gasteiger partial charge in [0.25, 0.3) is 0 Å². The molecule has 1 heterocycles. The van der Waals surface area contributed by atoms with E-state index in [1.165, 1.54) is 6.07 Å². The zero-order chi connectivity index (χ0) is 21.0. The van der Waals surface area contributed by atoms with Gasteiger partial charge in [-0.05, 0) is 30.7 Å². The Morgan fingerprint density at radius 2 is 1.90 bits per heavy atom. The number of nitrogens with zero attached hydrogens (tertiary/aromatic N) is 1. The van der Waals surface area contributed by atoms with Crippen LogP contribution in [0, 0.1) is 5.92 Å². The van der Waals surface area contributed by atoms with E-state index in [4.69, 9.17) is 23.2 Å². The lowest BCUT2D eigenvalue weighted by molar-refractivity contribution is -0.130. The summed E-state index contributed by atoms with van der Waals surface area (Å²) < 4.78 is 0. The monoisotopic (exact) mass is 433 g/mol. The first-order valence-electron chi connectivity index (χ1n) is 9.22. The van der Waals surface area contributed by atoms with Crippen LogP contribution < -0.4 is 10.6 Å². The predicted molar refractivity (Wildman–Crippen MR) is 113 cm³/mol. The largest absolute Gasteiger partial charge is 0.347 e. The molecule has 1 aliphatic rings. The summed E-state index contributed by atoms with van der Waals surface area (Å²) in [5.41, 5.74) is 1.39. The van der Waals surface area contributed by atoms with Gasteiger partial charge in [-0.25, -0.2) is 0 Å². The van der Waals surface area contributed by atoms with Crippen LogP contribution >= 0.6 is 23.2 Å². The Morgan fingerprint density at radius 3 is 2.62 bits per heavy atom. The van der Waals surface area contributed by atoms with Gasteiger partial charge in [0.15, 0.2) is 0 Å². The van der Waals surface area contributed by atoms with Gasteiger partial charge < -0.3 is 15.5 Å². The second-order valence-electron chi connectivity index (χ2n) is 6.92. The Balaban J connectivity index is 1.53. The van der Waals surface area contributed by atoms with Crippen LogP contribution in [0.25, 0.3) is 0 Å². The van der Waals surface area contributed by atoms with Crippen molar-refractivity contribution in [1.29, 1.82) is 0 Å². The van der Waals surface area contributed by atoms with Crippen molar-refractivity contribution in [3.8, 4) is 0 Å². The fourth-order valence-electron chi connectivity index (χ4n) is 3.29. The van der Waals surface area contributed by atoms with Crippen LogP contribution in [0.15, 0.2) is 48.5 Å². The minimum Gasteiger partial charge on any atom is -0.347 e. The minimum atomic E-state index is -0.490. The van der Waals surface area contributed by atoms with Gasteiger partial charge in [-0.15, -0.1) is 0 Å². The number of rotatable bonds is 6. The van der Waals surface area contributed by atoms with Crippen molar-refractivity contribution >= 4 is 46.6 Å². The van der Waals surface area contributed by atoms with E-state index in [0.29, 0.717) is 22.3 Å². The van der Waals surface area contributed by atoms with Crippen molar-refractivity contribution in [3.05, 3.63) is 64.1 Å². The molecule has 2 aromatic rings. The molecular weight excluding hydrogens is 413 g/mol. The lowest BCUT2D eigenvalue weighted by Crippen LogP contribution is -2.38. The van der Waals surface area contributed by atoms with E-state index in [1.807, 2.05) is 37.3 Å². The van der Waals surface area contributed by atoms with E-state index in [-0.39, 0.29) is 30.8 Å². The standard InChI is InChI=1S/C21H21Cl2N3O3/c1-13(14-5-3-2-4-6-14)26-12-15(9-20(26)28)21(29)24-11-19(27)25-18-10-16(22)7-8-17(18)23/h2-8,10,13,15H,9,11-12H2,1H3,(H,24,29)(H,25,27)/t13-,15+/m0/s1. The number of benzene rings is 2. The Labute approximate surface area is 179 Å². The highest BCUT2D eigenvalue weighted by atomic mass is 35.5. The van der Waals surface area contributed by atoms with E-state index in [1.54, 1.807) is 17.0 Å². The number of hydrogen-bond donors (Lipinski definition) is 2. The van der Waals surface area contributed by atoms with Gasteiger partial charge in [0.2, 0.25) is 17.7 Å². The third-order valence-corrected chi connectivity index (χ3v) is 5.47. The Bertz CT molecular complexity index is 921. The molecule has 0 saturated carbocycles. The number of amides is 3. The van der Waals surface area contributed by atoms with Crippen molar-refractivity contribution in [2.24, 2.45) is 5.92 Å². The number of carbonyl (C=O) groups is 3. The lowest BCUT2D eigenvalue weighted by Gasteiger charge is -2.25. The number of likely N-dealkylation sites (tertiary alicyclic amines) is 1. The summed E-state index contributed by atoms with van der Waals surface area (Å²) in [6.45, 7) is 2.04. The summed E-state index contributed by atoms with van der Waals surface area (Å²) in [4.78, 5) is 38.7. The number of nitrogens with one attached hydrogen (secondary N) is 2. The fourth-order valence-corrected chi connectivity index (χ4v) is 3.63. The van der Waals surface area contributed by atoms with Crippen LogP contribution in [0.4, 0.5) is 5.69 Å². The van der Waals surface area contributed by atoms with Gasteiger partial charge in [0.05, 0.1) is 29.2 Å². The second-order valence-corrected chi connectivity index (χ2v) is 7.77. The topological polar surface area (TPSA) is 78.5 Å². The maximum Gasteiger partial charge on any atom is 0.243 e. The van der Waals surface area contributed by atoms with Gasteiger partial charge in [-0.2, -0.15) is 0 Å². The van der Waals surface area contributed by atoms with Gasteiger partial charge in [0.1, 0.15) is 0 Å². The third kappa shape index (κ3) is 5.28. The zero-order valence-corrected chi connectivity index (χ0v) is 17.3. The van der Waals surface area contributed by atoms with Crippen molar-refractivity contribution in [3.63, 3.8) is 0 Å². The molecule has 6 nitrogen and oxygen atoms in total. The van der Waals surface area contributed by atoms with Crippen molar-refractivity contribution in [2.75, 3.05) is 18.4 Å². The molecular formula is C21H21Cl2N3O3. The predicted octanol–water partition coefficient (Wildman–Crippen LogP) is 3.66. The average molecular weight is 434 g/mol. The van der Waals surface area contributed by atoms with E-state index >= 15 is 0 Å². The molecule has 2 atom stereocenters. The normalized spacial score (nSPS) is 17.1. The number of carbonyl (C=O) groups excluding carboxylic acids is 3. The van der Waals surface area contributed by atoms with Crippen LogP contribution in [-0.2, 0) is 14.4 Å². The molecule has 0 aliphatic carbocycles. The van der Waals surface area contributed by atoms with Crippen molar-refractivity contribution < 1.29 is 14.4 Å². The maximum absolute atomic E-state index is 12.5. The lowest BCUT2D eigenvalue weighted by atomic mass is 10.1. The first kappa shape index (κ1) is 21.1. The summed E-state index contributed by atoms with van der Waals surface area (Å²) in [6, 6.07) is 14.3. The van der Waals surface area contributed by atoms with Gasteiger partial charge in [0, 0.05) is 18.0 Å². The molecule has 0 aromatic heterocycles. The van der Waals surface area contributed by atoms with E-state index < -0.39 is 11.8 Å². The van der Waals surface area contributed by atoms with Crippen LogP contribution in [0.3, 0.4) is 0 Å². The smallest absolute Gasteiger partial charge is 0.243 e. The second kappa shape index (κ2) is 9.29. The third-order valence-electron chi connectivity index (χ3n) is 4.90. The molecule has 29 heavy (non-hydrogen) atoms.